The van der Waals surface area contributed by atoms with E-state index in [0.717, 1.165) is 18.2 Å². The van der Waals surface area contributed by atoms with Crippen molar-refractivity contribution in [1.29, 1.82) is 0 Å². The van der Waals surface area contributed by atoms with Gasteiger partial charge in [-0.2, -0.15) is 11.8 Å². The zero-order chi connectivity index (χ0) is 12.6. The van der Waals surface area contributed by atoms with Crippen LogP contribution in [0.5, 0.6) is 0 Å². The van der Waals surface area contributed by atoms with Gasteiger partial charge in [-0.1, -0.05) is 0 Å². The molecule has 1 atom stereocenters. The van der Waals surface area contributed by atoms with Gasteiger partial charge in [0.05, 0.1) is 0 Å². The Morgan fingerprint density at radius 1 is 1.50 bits per heavy atom. The van der Waals surface area contributed by atoms with Gasteiger partial charge in [-0.05, 0) is 38.4 Å². The summed E-state index contributed by atoms with van der Waals surface area (Å²) in [5, 5.41) is 3.44. The molecule has 0 radical (unpaired) electrons. The van der Waals surface area contributed by atoms with Crippen LogP contribution < -0.4 is 11.1 Å². The number of nitrogens with one attached hydrogen (secondary N) is 1. The maximum absolute atomic E-state index is 5.85. The molecule has 0 amide bonds. The standard InChI is InChI=1S/C13H20N4S/c1-13(5-2-6-18-13)8-15-11-7-10(14)16-12(17-11)9-3-4-9/h7,9H,2-6,8H2,1H3,(H3,14,15,16,17). The second-order valence-corrected chi connectivity index (χ2v) is 7.25. The van der Waals surface area contributed by atoms with Crippen molar-refractivity contribution < 1.29 is 0 Å². The lowest BCUT2D eigenvalue weighted by Crippen LogP contribution is -2.27. The molecular weight excluding hydrogens is 244 g/mol. The molecule has 5 heteroatoms. The molecule has 1 aromatic heterocycles. The van der Waals surface area contributed by atoms with Crippen LogP contribution in [0, 0.1) is 0 Å². The van der Waals surface area contributed by atoms with Gasteiger partial charge in [-0.3, -0.25) is 0 Å². The third kappa shape index (κ3) is 2.71. The monoisotopic (exact) mass is 264 g/mol. The summed E-state index contributed by atoms with van der Waals surface area (Å²) in [6, 6.07) is 1.84. The van der Waals surface area contributed by atoms with E-state index in [1.165, 1.54) is 31.4 Å². The zero-order valence-corrected chi connectivity index (χ0v) is 11.6. The molecule has 1 unspecified atom stereocenters. The van der Waals surface area contributed by atoms with Crippen LogP contribution in [0.4, 0.5) is 11.6 Å². The minimum absolute atomic E-state index is 0.347. The summed E-state index contributed by atoms with van der Waals surface area (Å²) >= 11 is 2.05. The molecule has 2 heterocycles. The average molecular weight is 264 g/mol. The van der Waals surface area contributed by atoms with Gasteiger partial charge in [0, 0.05) is 23.3 Å². The van der Waals surface area contributed by atoms with E-state index in [9.17, 15) is 0 Å². The van der Waals surface area contributed by atoms with Crippen LogP contribution in [0.25, 0.3) is 0 Å². The largest absolute Gasteiger partial charge is 0.384 e. The molecule has 0 aromatic carbocycles. The van der Waals surface area contributed by atoms with E-state index in [1.807, 2.05) is 6.07 Å². The Hall–Kier alpha value is -0.970. The normalized spacial score (nSPS) is 27.4. The average Bonchev–Trinajstić information content (AvgIpc) is 3.10. The number of thioether (sulfide) groups is 1. The minimum atomic E-state index is 0.347. The van der Waals surface area contributed by atoms with Gasteiger partial charge in [0.2, 0.25) is 0 Å². The molecule has 2 fully saturated rings. The first-order chi connectivity index (χ1) is 8.65. The van der Waals surface area contributed by atoms with Crippen molar-refractivity contribution in [1.82, 2.24) is 9.97 Å². The fraction of sp³-hybridized carbons (Fsp3) is 0.692. The van der Waals surface area contributed by atoms with Crippen LogP contribution in [-0.2, 0) is 0 Å². The van der Waals surface area contributed by atoms with Crippen molar-refractivity contribution >= 4 is 23.4 Å². The van der Waals surface area contributed by atoms with Crippen LogP contribution in [0.1, 0.15) is 44.3 Å². The zero-order valence-electron chi connectivity index (χ0n) is 10.8. The number of rotatable bonds is 4. The Morgan fingerprint density at radius 3 is 3.00 bits per heavy atom. The maximum Gasteiger partial charge on any atom is 0.136 e. The molecule has 1 aliphatic carbocycles. The van der Waals surface area contributed by atoms with E-state index < -0.39 is 0 Å². The van der Waals surface area contributed by atoms with Crippen molar-refractivity contribution in [2.45, 2.75) is 43.3 Å². The van der Waals surface area contributed by atoms with E-state index in [4.69, 9.17) is 5.73 Å². The summed E-state index contributed by atoms with van der Waals surface area (Å²) in [4.78, 5) is 8.89. The minimum Gasteiger partial charge on any atom is -0.384 e. The lowest BCUT2D eigenvalue weighted by molar-refractivity contribution is 0.633. The van der Waals surface area contributed by atoms with Crippen LogP contribution in [0.3, 0.4) is 0 Å². The van der Waals surface area contributed by atoms with E-state index in [1.54, 1.807) is 0 Å². The molecule has 1 aliphatic heterocycles. The predicted octanol–water partition coefficient (Wildman–Crippen LogP) is 2.63. The first-order valence-corrected chi connectivity index (χ1v) is 7.65. The van der Waals surface area contributed by atoms with Gasteiger partial charge in [0.15, 0.2) is 0 Å². The van der Waals surface area contributed by atoms with Crippen LogP contribution in [-0.4, -0.2) is 27.0 Å². The van der Waals surface area contributed by atoms with Crippen molar-refractivity contribution in [3.63, 3.8) is 0 Å². The van der Waals surface area contributed by atoms with E-state index in [-0.39, 0.29) is 0 Å². The van der Waals surface area contributed by atoms with Gasteiger partial charge < -0.3 is 11.1 Å². The van der Waals surface area contributed by atoms with Crippen LogP contribution in [0.15, 0.2) is 6.07 Å². The molecule has 2 aliphatic rings. The van der Waals surface area contributed by atoms with E-state index in [2.05, 4.69) is 34.0 Å². The quantitative estimate of drug-likeness (QED) is 0.875. The number of nitrogen functional groups attached to an aromatic ring is 1. The third-order valence-corrected chi connectivity index (χ3v) is 5.19. The van der Waals surface area contributed by atoms with E-state index >= 15 is 0 Å². The Balaban J connectivity index is 1.68. The summed E-state index contributed by atoms with van der Waals surface area (Å²) in [7, 11) is 0. The molecule has 1 aromatic rings. The molecule has 4 nitrogen and oxygen atoms in total. The van der Waals surface area contributed by atoms with Crippen molar-refractivity contribution in [2.24, 2.45) is 0 Å². The molecule has 1 saturated carbocycles. The fourth-order valence-electron chi connectivity index (χ4n) is 2.35. The second-order valence-electron chi connectivity index (χ2n) is 5.57. The number of anilines is 2. The summed E-state index contributed by atoms with van der Waals surface area (Å²) in [5.74, 6) is 4.21. The predicted molar refractivity (Wildman–Crippen MR) is 77.0 cm³/mol. The number of aromatic nitrogens is 2. The van der Waals surface area contributed by atoms with Gasteiger partial charge in [0.25, 0.3) is 0 Å². The highest BCUT2D eigenvalue weighted by Crippen LogP contribution is 2.39. The topological polar surface area (TPSA) is 63.8 Å². The van der Waals surface area contributed by atoms with Gasteiger partial charge in [-0.15, -0.1) is 0 Å². The maximum atomic E-state index is 5.85. The summed E-state index contributed by atoms with van der Waals surface area (Å²) in [6.07, 6.45) is 5.01. The molecule has 98 valence electrons. The number of hydrogen-bond acceptors (Lipinski definition) is 5. The van der Waals surface area contributed by atoms with E-state index in [0.29, 0.717) is 16.5 Å². The van der Waals surface area contributed by atoms with Gasteiger partial charge >= 0.3 is 0 Å². The SMILES string of the molecule is CC1(CNc2cc(N)nc(C3CC3)n2)CCCS1. The fourth-order valence-corrected chi connectivity index (χ4v) is 3.60. The molecule has 0 bridgehead atoms. The van der Waals surface area contributed by atoms with Gasteiger partial charge in [-0.25, -0.2) is 9.97 Å². The smallest absolute Gasteiger partial charge is 0.136 e. The molecule has 3 rings (SSSR count). The highest BCUT2D eigenvalue weighted by Gasteiger charge is 2.30. The number of nitrogens with two attached hydrogens (primary N) is 1. The first-order valence-electron chi connectivity index (χ1n) is 6.67. The number of nitrogens with zero attached hydrogens (tertiary/aromatic N) is 2. The Labute approximate surface area is 112 Å². The molecule has 0 spiro atoms. The first kappa shape index (κ1) is 12.1. The van der Waals surface area contributed by atoms with Crippen molar-refractivity contribution in [3.05, 3.63) is 11.9 Å². The molecular formula is C13H20N4S. The Morgan fingerprint density at radius 2 is 2.33 bits per heavy atom. The lowest BCUT2D eigenvalue weighted by atomic mass is 10.1. The highest BCUT2D eigenvalue weighted by atomic mass is 32.2. The van der Waals surface area contributed by atoms with Crippen LogP contribution >= 0.6 is 11.8 Å². The number of hydrogen-bond donors (Lipinski definition) is 2. The van der Waals surface area contributed by atoms with Crippen molar-refractivity contribution in [2.75, 3.05) is 23.3 Å². The Kier molecular flexibility index (Phi) is 3.09. The second kappa shape index (κ2) is 4.61. The summed E-state index contributed by atoms with van der Waals surface area (Å²) in [6.45, 7) is 3.28. The third-order valence-electron chi connectivity index (χ3n) is 3.65. The Bertz CT molecular complexity index is 439. The van der Waals surface area contributed by atoms with Crippen LogP contribution in [0.2, 0.25) is 0 Å². The highest BCUT2D eigenvalue weighted by molar-refractivity contribution is 8.00. The van der Waals surface area contributed by atoms with Crippen molar-refractivity contribution in [3.8, 4) is 0 Å². The molecule has 18 heavy (non-hydrogen) atoms. The molecule has 3 N–H and O–H groups in total. The summed E-state index contributed by atoms with van der Waals surface area (Å²) < 4.78 is 0.347. The summed E-state index contributed by atoms with van der Waals surface area (Å²) in [5.41, 5.74) is 5.85. The lowest BCUT2D eigenvalue weighted by Gasteiger charge is -2.23. The van der Waals surface area contributed by atoms with Gasteiger partial charge in [0.1, 0.15) is 17.5 Å². The molecule has 1 saturated heterocycles.